The van der Waals surface area contributed by atoms with Crippen molar-refractivity contribution >= 4 is 28.9 Å². The Morgan fingerprint density at radius 3 is 2.03 bits per heavy atom. The molecule has 2 unspecified atom stereocenters. The van der Waals surface area contributed by atoms with E-state index in [0.717, 1.165) is 22.3 Å². The fourth-order valence-electron chi connectivity index (χ4n) is 3.23. The topological polar surface area (TPSA) is 138 Å². The summed E-state index contributed by atoms with van der Waals surface area (Å²) in [6.45, 7) is 1.46. The molecule has 9 nitrogen and oxygen atoms in total. The average molecular weight is 510 g/mol. The second-order valence-corrected chi connectivity index (χ2v) is 8.75. The number of aliphatic carboxylic acids is 1. The van der Waals surface area contributed by atoms with Crippen LogP contribution in [0.3, 0.4) is 0 Å². The first kappa shape index (κ1) is 26.6. The lowest BCUT2D eigenvalue weighted by atomic mass is 10.0. The summed E-state index contributed by atoms with van der Waals surface area (Å²) >= 11 is -2.14. The summed E-state index contributed by atoms with van der Waals surface area (Å²) in [5.41, 5.74) is 4.09. The first-order valence-corrected chi connectivity index (χ1v) is 12.1. The predicted octanol–water partition coefficient (Wildman–Crippen LogP) is 3.11. The number of rotatable bonds is 12. The maximum absolute atomic E-state index is 12.4. The number of methoxy groups -OCH3 is 1. The Morgan fingerprint density at radius 2 is 1.50 bits per heavy atom. The zero-order valence-electron chi connectivity index (χ0n) is 19.8. The Balaban J connectivity index is 1.50. The standard InChI is InChI=1S/C26H27N3O6S/c1-17(27)19-7-9-21(10-8-19)20-5-3-18(4-6-20)15-25(30)28-16-24(26(31)32)29-36(33)35-23-13-11-22(34-2)12-14-23/h3-14,24,27,29H,15-16H2,1-2H3,(H,28,30)(H,31,32). The van der Waals surface area contributed by atoms with Gasteiger partial charge in [0.05, 0.1) is 13.5 Å². The highest BCUT2D eigenvalue weighted by atomic mass is 32.2. The Morgan fingerprint density at radius 1 is 0.944 bits per heavy atom. The van der Waals surface area contributed by atoms with E-state index in [9.17, 15) is 18.9 Å². The molecule has 0 aliphatic heterocycles. The molecule has 0 aliphatic rings. The monoisotopic (exact) mass is 509 g/mol. The van der Waals surface area contributed by atoms with E-state index in [2.05, 4.69) is 10.0 Å². The van der Waals surface area contributed by atoms with E-state index in [1.165, 1.54) is 19.2 Å². The summed E-state index contributed by atoms with van der Waals surface area (Å²) in [5, 5.41) is 19.6. The summed E-state index contributed by atoms with van der Waals surface area (Å²) in [4.78, 5) is 23.9. The number of ether oxygens (including phenoxy) is 1. The van der Waals surface area contributed by atoms with Crippen molar-refractivity contribution in [3.63, 3.8) is 0 Å². The van der Waals surface area contributed by atoms with Crippen LogP contribution in [-0.4, -0.2) is 46.6 Å². The molecule has 3 rings (SSSR count). The lowest BCUT2D eigenvalue weighted by Crippen LogP contribution is -2.47. The first-order valence-electron chi connectivity index (χ1n) is 11.0. The van der Waals surface area contributed by atoms with Crippen molar-refractivity contribution in [1.82, 2.24) is 10.0 Å². The van der Waals surface area contributed by atoms with Gasteiger partial charge in [-0.15, -0.1) is 0 Å². The lowest BCUT2D eigenvalue weighted by molar-refractivity contribution is -0.138. The number of amides is 1. The molecule has 4 N–H and O–H groups in total. The van der Waals surface area contributed by atoms with Crippen LogP contribution in [0.1, 0.15) is 18.1 Å². The first-order chi connectivity index (χ1) is 17.2. The van der Waals surface area contributed by atoms with Crippen LogP contribution in [0.2, 0.25) is 0 Å². The molecule has 0 bridgehead atoms. The van der Waals surface area contributed by atoms with E-state index in [1.807, 2.05) is 48.5 Å². The highest BCUT2D eigenvalue weighted by molar-refractivity contribution is 7.78. The van der Waals surface area contributed by atoms with Crippen LogP contribution in [-0.2, 0) is 27.3 Å². The van der Waals surface area contributed by atoms with E-state index < -0.39 is 23.3 Å². The second kappa shape index (κ2) is 12.6. The van der Waals surface area contributed by atoms with Crippen molar-refractivity contribution in [2.45, 2.75) is 19.4 Å². The predicted molar refractivity (Wildman–Crippen MR) is 137 cm³/mol. The Labute approximate surface area is 211 Å². The van der Waals surface area contributed by atoms with Crippen LogP contribution in [0.5, 0.6) is 11.5 Å². The van der Waals surface area contributed by atoms with Gasteiger partial charge >= 0.3 is 5.97 Å². The normalized spacial score (nSPS) is 12.3. The number of carbonyl (C=O) groups excluding carboxylic acids is 1. The number of carboxylic acids is 1. The molecule has 0 fully saturated rings. The zero-order valence-corrected chi connectivity index (χ0v) is 20.6. The third kappa shape index (κ3) is 7.76. The van der Waals surface area contributed by atoms with Gasteiger partial charge in [0.1, 0.15) is 17.5 Å². The number of nitrogens with one attached hydrogen (secondary N) is 3. The van der Waals surface area contributed by atoms with Crippen molar-refractivity contribution in [1.29, 1.82) is 5.41 Å². The Bertz CT molecular complexity index is 1230. The lowest BCUT2D eigenvalue weighted by Gasteiger charge is -2.15. The molecule has 10 heteroatoms. The summed E-state index contributed by atoms with van der Waals surface area (Å²) in [6.07, 6.45) is 0.0595. The largest absolute Gasteiger partial charge is 0.497 e. The number of benzene rings is 3. The summed E-state index contributed by atoms with van der Waals surface area (Å²) < 4.78 is 24.7. The van der Waals surface area contributed by atoms with E-state index in [4.69, 9.17) is 14.3 Å². The number of hydrogen-bond acceptors (Lipinski definition) is 6. The molecule has 0 spiro atoms. The molecule has 0 saturated heterocycles. The van der Waals surface area contributed by atoms with E-state index in [1.54, 1.807) is 19.1 Å². The molecule has 0 aromatic heterocycles. The minimum absolute atomic E-state index is 0.0595. The minimum Gasteiger partial charge on any atom is -0.497 e. The van der Waals surface area contributed by atoms with Crippen LogP contribution >= 0.6 is 0 Å². The van der Waals surface area contributed by atoms with Crippen molar-refractivity contribution < 1.29 is 27.8 Å². The summed E-state index contributed by atoms with van der Waals surface area (Å²) in [5.74, 6) is -0.798. The molecule has 36 heavy (non-hydrogen) atoms. The van der Waals surface area contributed by atoms with Gasteiger partial charge in [0, 0.05) is 12.3 Å². The van der Waals surface area contributed by atoms with Crippen molar-refractivity contribution in [3.05, 3.63) is 83.9 Å². The van der Waals surface area contributed by atoms with Gasteiger partial charge in [-0.25, -0.2) is 0 Å². The molecule has 3 aromatic carbocycles. The molecule has 3 aromatic rings. The smallest absolute Gasteiger partial charge is 0.323 e. The van der Waals surface area contributed by atoms with Crippen LogP contribution < -0.4 is 19.0 Å². The van der Waals surface area contributed by atoms with Gasteiger partial charge in [-0.05, 0) is 53.4 Å². The van der Waals surface area contributed by atoms with Gasteiger partial charge < -0.3 is 24.8 Å². The third-order valence-corrected chi connectivity index (χ3v) is 6.06. The number of carboxylic acid groups (broad SMARTS) is 1. The van der Waals surface area contributed by atoms with E-state index in [0.29, 0.717) is 11.5 Å². The highest BCUT2D eigenvalue weighted by Crippen LogP contribution is 2.21. The molecule has 188 valence electrons. The summed E-state index contributed by atoms with van der Waals surface area (Å²) in [7, 11) is 1.51. The van der Waals surface area contributed by atoms with Gasteiger partial charge in [0.2, 0.25) is 5.91 Å². The summed E-state index contributed by atoms with van der Waals surface area (Å²) in [6, 6.07) is 20.1. The Kier molecular flexibility index (Phi) is 9.32. The zero-order chi connectivity index (χ0) is 26.1. The molecular weight excluding hydrogens is 482 g/mol. The maximum Gasteiger partial charge on any atom is 0.323 e. The number of carbonyl (C=O) groups is 2. The van der Waals surface area contributed by atoms with Gasteiger partial charge in [0.25, 0.3) is 11.3 Å². The molecule has 0 aliphatic carbocycles. The highest BCUT2D eigenvalue weighted by Gasteiger charge is 2.21. The minimum atomic E-state index is -2.14. The molecule has 2 atom stereocenters. The average Bonchev–Trinajstić information content (AvgIpc) is 2.87. The fourth-order valence-corrected chi connectivity index (χ4v) is 3.98. The molecular formula is C26H27N3O6S. The van der Waals surface area contributed by atoms with Crippen LogP contribution in [0.15, 0.2) is 72.8 Å². The SMILES string of the molecule is COc1ccc(OS(=O)NC(CNC(=O)Cc2ccc(-c3ccc(C(C)=N)cc3)cc2)C(=O)O)cc1. The van der Waals surface area contributed by atoms with Gasteiger partial charge in [-0.1, -0.05) is 48.5 Å². The quantitative estimate of drug-likeness (QED) is 0.277. The molecule has 1 amide bonds. The molecule has 0 radical (unpaired) electrons. The van der Waals surface area contributed by atoms with Crippen LogP contribution in [0, 0.1) is 5.41 Å². The van der Waals surface area contributed by atoms with Crippen LogP contribution in [0.4, 0.5) is 0 Å². The van der Waals surface area contributed by atoms with Crippen molar-refractivity contribution in [3.8, 4) is 22.6 Å². The van der Waals surface area contributed by atoms with Gasteiger partial charge in [-0.3, -0.25) is 9.59 Å². The van der Waals surface area contributed by atoms with Crippen molar-refractivity contribution in [2.24, 2.45) is 0 Å². The fraction of sp³-hybridized carbons (Fsp3) is 0.192. The molecule has 0 heterocycles. The second-order valence-electron chi connectivity index (χ2n) is 7.88. The van der Waals surface area contributed by atoms with Crippen molar-refractivity contribution in [2.75, 3.05) is 13.7 Å². The third-order valence-electron chi connectivity index (χ3n) is 5.24. The van der Waals surface area contributed by atoms with Gasteiger partial charge in [0.15, 0.2) is 0 Å². The molecule has 0 saturated carbocycles. The van der Waals surface area contributed by atoms with Gasteiger partial charge in [-0.2, -0.15) is 8.93 Å². The van der Waals surface area contributed by atoms with E-state index >= 15 is 0 Å². The maximum atomic E-state index is 12.4. The number of hydrogen-bond donors (Lipinski definition) is 4. The van der Waals surface area contributed by atoms with Crippen LogP contribution in [0.25, 0.3) is 11.1 Å². The Hall–Kier alpha value is -4.02. The van der Waals surface area contributed by atoms with E-state index in [-0.39, 0.29) is 24.6 Å².